The average molecular weight is 377 g/mol. The van der Waals surface area contributed by atoms with Crippen molar-refractivity contribution in [3.8, 4) is 11.4 Å². The molecular formula is C18H18F3N5O. The Morgan fingerprint density at radius 1 is 1.11 bits per heavy atom. The van der Waals surface area contributed by atoms with Crippen LogP contribution in [0.2, 0.25) is 0 Å². The highest BCUT2D eigenvalue weighted by atomic mass is 19.4. The SMILES string of the molecule is Cc1ccc(-c2nnn(CC(=O)c3cc(C)n(CC(F)(F)F)c3C)n2)cc1. The van der Waals surface area contributed by atoms with Gasteiger partial charge in [-0.2, -0.15) is 18.0 Å². The van der Waals surface area contributed by atoms with E-state index in [0.29, 0.717) is 11.5 Å². The van der Waals surface area contributed by atoms with Crippen LogP contribution < -0.4 is 0 Å². The summed E-state index contributed by atoms with van der Waals surface area (Å²) in [6.07, 6.45) is -4.36. The smallest absolute Gasteiger partial charge is 0.339 e. The molecule has 0 spiro atoms. The number of tetrazole rings is 1. The Morgan fingerprint density at radius 2 is 1.78 bits per heavy atom. The number of benzene rings is 1. The lowest BCUT2D eigenvalue weighted by atomic mass is 10.1. The molecule has 0 amide bonds. The van der Waals surface area contributed by atoms with Gasteiger partial charge in [-0.1, -0.05) is 29.8 Å². The topological polar surface area (TPSA) is 65.6 Å². The molecule has 0 unspecified atom stereocenters. The van der Waals surface area contributed by atoms with E-state index in [9.17, 15) is 18.0 Å². The summed E-state index contributed by atoms with van der Waals surface area (Å²) in [4.78, 5) is 13.7. The minimum atomic E-state index is -4.36. The van der Waals surface area contributed by atoms with Crippen molar-refractivity contribution in [1.82, 2.24) is 24.8 Å². The molecule has 0 atom stereocenters. The van der Waals surface area contributed by atoms with Crippen molar-refractivity contribution in [1.29, 1.82) is 0 Å². The van der Waals surface area contributed by atoms with Crippen molar-refractivity contribution in [3.63, 3.8) is 0 Å². The highest BCUT2D eigenvalue weighted by Crippen LogP contribution is 2.23. The Kier molecular flexibility index (Phi) is 4.86. The number of alkyl halides is 3. The summed E-state index contributed by atoms with van der Waals surface area (Å²) in [5.41, 5.74) is 2.73. The van der Waals surface area contributed by atoms with Gasteiger partial charge in [0.1, 0.15) is 13.1 Å². The maximum Gasteiger partial charge on any atom is 0.406 e. The van der Waals surface area contributed by atoms with E-state index in [1.165, 1.54) is 13.0 Å². The van der Waals surface area contributed by atoms with Crippen LogP contribution in [-0.4, -0.2) is 36.7 Å². The van der Waals surface area contributed by atoms with Gasteiger partial charge in [0.15, 0.2) is 5.78 Å². The Morgan fingerprint density at radius 3 is 2.41 bits per heavy atom. The van der Waals surface area contributed by atoms with Gasteiger partial charge in [0, 0.05) is 22.5 Å². The van der Waals surface area contributed by atoms with Gasteiger partial charge < -0.3 is 4.57 Å². The Bertz CT molecular complexity index is 970. The third kappa shape index (κ3) is 4.24. The number of rotatable bonds is 5. The number of Topliss-reactive ketones (excluding diaryl/α,β-unsaturated/α-hetero) is 1. The molecule has 0 N–H and O–H groups in total. The summed E-state index contributed by atoms with van der Waals surface area (Å²) < 4.78 is 39.2. The van der Waals surface area contributed by atoms with Gasteiger partial charge in [0.2, 0.25) is 5.82 Å². The zero-order chi connectivity index (χ0) is 19.8. The highest BCUT2D eigenvalue weighted by Gasteiger charge is 2.30. The Hall–Kier alpha value is -2.97. The van der Waals surface area contributed by atoms with Gasteiger partial charge in [0.25, 0.3) is 0 Å². The second-order valence-electron chi connectivity index (χ2n) is 6.42. The first-order valence-corrected chi connectivity index (χ1v) is 8.25. The molecule has 0 saturated carbocycles. The first-order valence-electron chi connectivity index (χ1n) is 8.25. The fraction of sp³-hybridized carbons (Fsp3) is 0.333. The first-order chi connectivity index (χ1) is 12.6. The summed E-state index contributed by atoms with van der Waals surface area (Å²) in [5, 5.41) is 12.0. The predicted octanol–water partition coefficient (Wildman–Crippen LogP) is 3.51. The van der Waals surface area contributed by atoms with E-state index in [1.54, 1.807) is 6.92 Å². The molecule has 0 bridgehead atoms. The number of nitrogens with zero attached hydrogens (tertiary/aromatic N) is 5. The lowest BCUT2D eigenvalue weighted by Gasteiger charge is -2.12. The van der Waals surface area contributed by atoms with Crippen molar-refractivity contribution in [2.45, 2.75) is 40.0 Å². The summed E-state index contributed by atoms with van der Waals surface area (Å²) in [6.45, 7) is 3.67. The maximum absolute atomic E-state index is 12.7. The Labute approximate surface area is 153 Å². The second-order valence-corrected chi connectivity index (χ2v) is 6.42. The third-order valence-corrected chi connectivity index (χ3v) is 4.26. The number of ketones is 1. The first kappa shape index (κ1) is 18.8. The highest BCUT2D eigenvalue weighted by molar-refractivity contribution is 5.97. The number of aromatic nitrogens is 5. The number of hydrogen-bond acceptors (Lipinski definition) is 4. The lowest BCUT2D eigenvalue weighted by Crippen LogP contribution is -2.20. The summed E-state index contributed by atoms with van der Waals surface area (Å²) in [7, 11) is 0. The number of aryl methyl sites for hydroxylation is 2. The summed E-state index contributed by atoms with van der Waals surface area (Å²) >= 11 is 0. The minimum absolute atomic E-state index is 0.199. The van der Waals surface area contributed by atoms with Gasteiger partial charge in [-0.15, -0.1) is 10.2 Å². The van der Waals surface area contributed by atoms with Crippen LogP contribution in [0.3, 0.4) is 0 Å². The van der Waals surface area contributed by atoms with Crippen LogP contribution in [0, 0.1) is 20.8 Å². The van der Waals surface area contributed by atoms with Crippen LogP contribution in [0.15, 0.2) is 30.3 Å². The van der Waals surface area contributed by atoms with Crippen molar-refractivity contribution in [3.05, 3.63) is 52.8 Å². The van der Waals surface area contributed by atoms with Crippen LogP contribution in [0.25, 0.3) is 11.4 Å². The molecule has 142 valence electrons. The molecule has 27 heavy (non-hydrogen) atoms. The van der Waals surface area contributed by atoms with E-state index in [0.717, 1.165) is 20.5 Å². The van der Waals surface area contributed by atoms with Crippen molar-refractivity contribution >= 4 is 5.78 Å². The molecule has 2 heterocycles. The van der Waals surface area contributed by atoms with E-state index in [-0.39, 0.29) is 23.6 Å². The number of hydrogen-bond donors (Lipinski definition) is 0. The zero-order valence-corrected chi connectivity index (χ0v) is 15.1. The molecule has 0 radical (unpaired) electrons. The summed E-state index contributed by atoms with van der Waals surface area (Å²) in [6, 6.07) is 8.99. The molecule has 0 aliphatic heterocycles. The van der Waals surface area contributed by atoms with E-state index in [4.69, 9.17) is 0 Å². The molecule has 3 rings (SSSR count). The molecule has 2 aromatic heterocycles. The fourth-order valence-corrected chi connectivity index (χ4v) is 2.85. The zero-order valence-electron chi connectivity index (χ0n) is 15.1. The van der Waals surface area contributed by atoms with Crippen LogP contribution >= 0.6 is 0 Å². The van der Waals surface area contributed by atoms with Gasteiger partial charge in [-0.25, -0.2) is 0 Å². The van der Waals surface area contributed by atoms with Crippen molar-refractivity contribution < 1.29 is 18.0 Å². The van der Waals surface area contributed by atoms with Crippen LogP contribution in [0.4, 0.5) is 13.2 Å². The van der Waals surface area contributed by atoms with Gasteiger partial charge in [-0.05, 0) is 32.1 Å². The number of carbonyl (C=O) groups is 1. The molecule has 9 heteroatoms. The van der Waals surface area contributed by atoms with Crippen LogP contribution in [-0.2, 0) is 13.1 Å². The molecule has 3 aromatic rings. The summed E-state index contributed by atoms with van der Waals surface area (Å²) in [5.74, 6) is 0.00900. The molecular weight excluding hydrogens is 359 g/mol. The number of carbonyl (C=O) groups excluding carboxylic acids is 1. The third-order valence-electron chi connectivity index (χ3n) is 4.26. The van der Waals surface area contributed by atoms with Gasteiger partial charge in [0.05, 0.1) is 0 Å². The minimum Gasteiger partial charge on any atom is -0.339 e. The van der Waals surface area contributed by atoms with E-state index in [2.05, 4.69) is 15.4 Å². The standard InChI is InChI=1S/C18H18F3N5O/c1-11-4-6-14(7-5-11)17-22-24-26(23-17)9-16(27)15-8-12(2)25(13(15)3)10-18(19,20)21/h4-8H,9-10H2,1-3H3. The molecule has 0 aliphatic rings. The Balaban J connectivity index is 1.78. The molecule has 1 aromatic carbocycles. The fourth-order valence-electron chi connectivity index (χ4n) is 2.85. The quantitative estimate of drug-likeness (QED) is 0.638. The monoisotopic (exact) mass is 377 g/mol. The predicted molar refractivity (Wildman–Crippen MR) is 92.3 cm³/mol. The largest absolute Gasteiger partial charge is 0.406 e. The normalized spacial score (nSPS) is 11.8. The van der Waals surface area contributed by atoms with Crippen LogP contribution in [0.1, 0.15) is 27.3 Å². The number of halogens is 3. The van der Waals surface area contributed by atoms with Gasteiger partial charge >= 0.3 is 6.18 Å². The van der Waals surface area contributed by atoms with Crippen molar-refractivity contribution in [2.75, 3.05) is 0 Å². The lowest BCUT2D eigenvalue weighted by molar-refractivity contribution is -0.141. The molecule has 0 saturated heterocycles. The van der Waals surface area contributed by atoms with E-state index >= 15 is 0 Å². The van der Waals surface area contributed by atoms with E-state index < -0.39 is 12.7 Å². The van der Waals surface area contributed by atoms with Crippen molar-refractivity contribution in [2.24, 2.45) is 0 Å². The molecule has 6 nitrogen and oxygen atoms in total. The van der Waals surface area contributed by atoms with Crippen LogP contribution in [0.5, 0.6) is 0 Å². The average Bonchev–Trinajstić information content (AvgIpc) is 3.14. The molecule has 0 fully saturated rings. The maximum atomic E-state index is 12.7. The van der Waals surface area contributed by atoms with Gasteiger partial charge in [-0.3, -0.25) is 4.79 Å². The second kappa shape index (κ2) is 6.98. The van der Waals surface area contributed by atoms with E-state index in [1.807, 2.05) is 31.2 Å². The molecule has 0 aliphatic carbocycles.